The summed E-state index contributed by atoms with van der Waals surface area (Å²) in [5.41, 5.74) is 2.22. The molecule has 0 radical (unpaired) electrons. The average molecular weight is 524 g/mol. The van der Waals surface area contributed by atoms with E-state index in [2.05, 4.69) is 34.7 Å². The van der Waals surface area contributed by atoms with Crippen molar-refractivity contribution >= 4 is 35.8 Å². The zero-order valence-electron chi connectivity index (χ0n) is 17.7. The maximum atomic E-state index is 12.1. The van der Waals surface area contributed by atoms with Crippen LogP contribution in [0.5, 0.6) is 0 Å². The maximum absolute atomic E-state index is 12.1. The molecule has 2 aromatic rings. The number of likely N-dealkylation sites (tertiary alicyclic amines) is 1. The van der Waals surface area contributed by atoms with E-state index in [0.717, 1.165) is 69.1 Å². The fourth-order valence-electron chi connectivity index (χ4n) is 3.56. The smallest absolute Gasteiger partial charge is 0.222 e. The molecule has 7 nitrogen and oxygen atoms in total. The van der Waals surface area contributed by atoms with Crippen LogP contribution < -0.4 is 10.6 Å². The number of rotatable bonds is 8. The van der Waals surface area contributed by atoms with Crippen LogP contribution in [0.1, 0.15) is 44.6 Å². The number of carbonyl (C=O) groups is 1. The van der Waals surface area contributed by atoms with Crippen LogP contribution in [0.2, 0.25) is 0 Å². The van der Waals surface area contributed by atoms with E-state index in [4.69, 9.17) is 4.99 Å². The Morgan fingerprint density at radius 3 is 2.87 bits per heavy atom. The van der Waals surface area contributed by atoms with Gasteiger partial charge in [0.25, 0.3) is 0 Å². The van der Waals surface area contributed by atoms with Gasteiger partial charge in [-0.3, -0.25) is 4.79 Å². The van der Waals surface area contributed by atoms with Crippen molar-refractivity contribution in [1.29, 1.82) is 0 Å². The third-order valence-corrected chi connectivity index (χ3v) is 5.09. The molecule has 30 heavy (non-hydrogen) atoms. The average Bonchev–Trinajstić information content (AvgIpc) is 3.20. The fourth-order valence-corrected chi connectivity index (χ4v) is 3.56. The normalized spacial score (nSPS) is 14.8. The molecule has 1 amide bonds. The number of aromatic nitrogens is 2. The highest BCUT2D eigenvalue weighted by Gasteiger charge is 2.15. The third-order valence-electron chi connectivity index (χ3n) is 5.09. The van der Waals surface area contributed by atoms with Crippen LogP contribution in [-0.4, -0.2) is 52.5 Å². The van der Waals surface area contributed by atoms with E-state index in [0.29, 0.717) is 18.9 Å². The van der Waals surface area contributed by atoms with Gasteiger partial charge >= 0.3 is 0 Å². The molecular formula is C22H33IN6O. The quantitative estimate of drug-likeness (QED) is 0.241. The van der Waals surface area contributed by atoms with Crippen LogP contribution in [-0.2, 0) is 11.3 Å². The van der Waals surface area contributed by atoms with Crippen molar-refractivity contribution < 1.29 is 4.79 Å². The molecular weight excluding hydrogens is 491 g/mol. The minimum absolute atomic E-state index is 0. The molecule has 1 saturated heterocycles. The molecule has 0 saturated carbocycles. The summed E-state index contributed by atoms with van der Waals surface area (Å²) >= 11 is 0. The molecule has 1 aromatic heterocycles. The number of halogens is 1. The Hall–Kier alpha value is -2.10. The first-order valence-corrected chi connectivity index (χ1v) is 10.6. The van der Waals surface area contributed by atoms with E-state index in [9.17, 15) is 4.79 Å². The van der Waals surface area contributed by atoms with E-state index in [-0.39, 0.29) is 24.0 Å². The lowest BCUT2D eigenvalue weighted by atomic mass is 10.2. The van der Waals surface area contributed by atoms with E-state index in [1.165, 1.54) is 0 Å². The molecule has 1 aliphatic heterocycles. The molecule has 2 heterocycles. The van der Waals surface area contributed by atoms with Crippen molar-refractivity contribution in [2.75, 3.05) is 26.2 Å². The molecule has 8 heteroatoms. The first kappa shape index (κ1) is 24.2. The number of hydrogen-bond acceptors (Lipinski definition) is 3. The number of guanidine groups is 1. The van der Waals surface area contributed by atoms with Crippen LogP contribution in [0.4, 0.5) is 0 Å². The Morgan fingerprint density at radius 1 is 1.20 bits per heavy atom. The SMILES string of the molecule is CCNC(=NCc1ccccc1-n1ccnc1)NCCCN1CCCCCC1=O.I. The highest BCUT2D eigenvalue weighted by Crippen LogP contribution is 2.15. The van der Waals surface area contributed by atoms with Gasteiger partial charge < -0.3 is 20.1 Å². The monoisotopic (exact) mass is 524 g/mol. The number of aliphatic imine (C=N–C) groups is 1. The summed E-state index contributed by atoms with van der Waals surface area (Å²) in [7, 11) is 0. The van der Waals surface area contributed by atoms with Gasteiger partial charge in [-0.2, -0.15) is 0 Å². The lowest BCUT2D eigenvalue weighted by Crippen LogP contribution is -2.39. The third kappa shape index (κ3) is 7.30. The Bertz CT molecular complexity index is 793. The molecule has 1 fully saturated rings. The summed E-state index contributed by atoms with van der Waals surface area (Å²) in [6, 6.07) is 8.22. The van der Waals surface area contributed by atoms with Gasteiger partial charge in [-0.25, -0.2) is 9.98 Å². The molecule has 0 aliphatic carbocycles. The van der Waals surface area contributed by atoms with E-state index in [1.54, 1.807) is 12.5 Å². The highest BCUT2D eigenvalue weighted by molar-refractivity contribution is 14.0. The minimum Gasteiger partial charge on any atom is -0.357 e. The maximum Gasteiger partial charge on any atom is 0.222 e. The zero-order valence-corrected chi connectivity index (χ0v) is 20.0. The van der Waals surface area contributed by atoms with Gasteiger partial charge in [0, 0.05) is 45.0 Å². The van der Waals surface area contributed by atoms with E-state index in [1.807, 2.05) is 27.8 Å². The molecule has 0 unspecified atom stereocenters. The zero-order chi connectivity index (χ0) is 20.3. The van der Waals surface area contributed by atoms with Gasteiger partial charge in [0.15, 0.2) is 5.96 Å². The Labute approximate surface area is 196 Å². The Kier molecular flexibility index (Phi) is 10.7. The summed E-state index contributed by atoms with van der Waals surface area (Å²) in [5.74, 6) is 1.11. The minimum atomic E-state index is 0. The summed E-state index contributed by atoms with van der Waals surface area (Å²) in [6.45, 7) is 5.95. The molecule has 164 valence electrons. The first-order chi connectivity index (χ1) is 14.3. The molecule has 0 spiro atoms. The predicted octanol–water partition coefficient (Wildman–Crippen LogP) is 3.34. The Balaban J connectivity index is 0.00000320. The largest absolute Gasteiger partial charge is 0.357 e. The number of para-hydroxylation sites is 1. The number of hydrogen-bond donors (Lipinski definition) is 2. The molecule has 1 aromatic carbocycles. The molecule has 0 atom stereocenters. The van der Waals surface area contributed by atoms with Crippen molar-refractivity contribution in [2.45, 2.75) is 45.6 Å². The van der Waals surface area contributed by atoms with Crippen molar-refractivity contribution in [3.63, 3.8) is 0 Å². The second-order valence-corrected chi connectivity index (χ2v) is 7.27. The van der Waals surface area contributed by atoms with Gasteiger partial charge in [0.2, 0.25) is 5.91 Å². The van der Waals surface area contributed by atoms with E-state index < -0.39 is 0 Å². The van der Waals surface area contributed by atoms with Gasteiger partial charge in [0.05, 0.1) is 18.6 Å². The van der Waals surface area contributed by atoms with Gasteiger partial charge in [0.1, 0.15) is 0 Å². The number of imidazole rings is 1. The second kappa shape index (κ2) is 13.3. The van der Waals surface area contributed by atoms with Gasteiger partial charge in [-0.15, -0.1) is 24.0 Å². The lowest BCUT2D eigenvalue weighted by Gasteiger charge is -2.20. The Morgan fingerprint density at radius 2 is 2.07 bits per heavy atom. The van der Waals surface area contributed by atoms with Crippen LogP contribution in [0, 0.1) is 0 Å². The number of nitrogens with zero attached hydrogens (tertiary/aromatic N) is 4. The van der Waals surface area contributed by atoms with Crippen molar-refractivity contribution in [2.24, 2.45) is 4.99 Å². The highest BCUT2D eigenvalue weighted by atomic mass is 127. The first-order valence-electron chi connectivity index (χ1n) is 10.6. The van der Waals surface area contributed by atoms with Crippen molar-refractivity contribution in [1.82, 2.24) is 25.1 Å². The van der Waals surface area contributed by atoms with Crippen LogP contribution in [0.3, 0.4) is 0 Å². The summed E-state index contributed by atoms with van der Waals surface area (Å²) in [5, 5.41) is 6.70. The van der Waals surface area contributed by atoms with Crippen molar-refractivity contribution in [3.8, 4) is 5.69 Å². The second-order valence-electron chi connectivity index (χ2n) is 7.27. The summed E-state index contributed by atoms with van der Waals surface area (Å²) in [4.78, 5) is 23.0. The molecule has 0 bridgehead atoms. The van der Waals surface area contributed by atoms with Crippen LogP contribution in [0.15, 0.2) is 48.0 Å². The summed E-state index contributed by atoms with van der Waals surface area (Å²) in [6.07, 6.45) is 10.5. The van der Waals surface area contributed by atoms with E-state index >= 15 is 0 Å². The number of carbonyl (C=O) groups excluding carboxylic acids is 1. The number of benzene rings is 1. The van der Waals surface area contributed by atoms with Gasteiger partial charge in [-0.05, 0) is 37.8 Å². The number of nitrogens with one attached hydrogen (secondary N) is 2. The topological polar surface area (TPSA) is 74.6 Å². The molecule has 2 N–H and O–H groups in total. The standard InChI is InChI=1S/C22H32N6O.HI/c1-2-24-22(25-12-8-15-27-14-7-3-4-11-21(27)29)26-17-19-9-5-6-10-20(19)28-16-13-23-18-28;/h5-6,9-10,13,16,18H,2-4,7-8,11-12,14-15,17H2,1H3,(H2,24,25,26);1H. The van der Waals surface area contributed by atoms with Crippen LogP contribution >= 0.6 is 24.0 Å². The van der Waals surface area contributed by atoms with Crippen molar-refractivity contribution in [3.05, 3.63) is 48.5 Å². The molecule has 1 aliphatic rings. The van der Waals surface area contributed by atoms with Crippen LogP contribution in [0.25, 0.3) is 5.69 Å². The fraction of sp³-hybridized carbons (Fsp3) is 0.500. The summed E-state index contributed by atoms with van der Waals surface area (Å²) < 4.78 is 2.00. The molecule has 3 rings (SSSR count). The number of amides is 1. The lowest BCUT2D eigenvalue weighted by molar-refractivity contribution is -0.130. The van der Waals surface area contributed by atoms with Gasteiger partial charge in [-0.1, -0.05) is 24.6 Å². The predicted molar refractivity (Wildman–Crippen MR) is 131 cm³/mol.